The van der Waals surface area contributed by atoms with Gasteiger partial charge in [0.15, 0.2) is 5.96 Å². The minimum absolute atomic E-state index is 0. The van der Waals surface area contributed by atoms with Gasteiger partial charge < -0.3 is 15.2 Å². The molecule has 33 heavy (non-hydrogen) atoms. The topological polar surface area (TPSA) is 57.5 Å². The summed E-state index contributed by atoms with van der Waals surface area (Å²) in [5.74, 6) is 0.866. The molecule has 6 nitrogen and oxygen atoms in total. The zero-order chi connectivity index (χ0) is 22.6. The monoisotopic (exact) mass is 560 g/mol. The average molecular weight is 561 g/mol. The fourth-order valence-electron chi connectivity index (χ4n) is 3.58. The maximum Gasteiger partial charge on any atom is 0.191 e. The van der Waals surface area contributed by atoms with Crippen LogP contribution in [-0.4, -0.2) is 46.6 Å². The van der Waals surface area contributed by atoms with E-state index in [4.69, 9.17) is 4.99 Å². The third-order valence-corrected chi connectivity index (χ3v) is 5.56. The predicted octanol–water partition coefficient (Wildman–Crippen LogP) is 4.52. The Hall–Kier alpha value is -2.39. The van der Waals surface area contributed by atoms with Gasteiger partial charge in [0.1, 0.15) is 0 Å². The Labute approximate surface area is 215 Å². The highest BCUT2D eigenvalue weighted by Gasteiger charge is 2.10. The summed E-state index contributed by atoms with van der Waals surface area (Å²) in [6.07, 6.45) is 6.68. The van der Waals surface area contributed by atoms with Crippen molar-refractivity contribution < 1.29 is 0 Å². The summed E-state index contributed by atoms with van der Waals surface area (Å²) < 4.78 is 2.07. The third-order valence-electron chi connectivity index (χ3n) is 5.56. The van der Waals surface area contributed by atoms with Gasteiger partial charge in [0, 0.05) is 44.6 Å². The number of aromatic nitrogens is 2. The number of aliphatic imine (C=N–C) groups is 1. The van der Waals surface area contributed by atoms with E-state index in [0.29, 0.717) is 12.6 Å². The Morgan fingerprint density at radius 1 is 1.06 bits per heavy atom. The van der Waals surface area contributed by atoms with Crippen molar-refractivity contribution in [3.63, 3.8) is 0 Å². The fourth-order valence-corrected chi connectivity index (χ4v) is 3.58. The van der Waals surface area contributed by atoms with Crippen molar-refractivity contribution in [2.75, 3.05) is 20.1 Å². The summed E-state index contributed by atoms with van der Waals surface area (Å²) >= 11 is 0. The van der Waals surface area contributed by atoms with Crippen molar-refractivity contribution in [3.05, 3.63) is 90.0 Å². The van der Waals surface area contributed by atoms with Crippen LogP contribution in [0.4, 0.5) is 0 Å². The first kappa shape index (κ1) is 26.9. The van der Waals surface area contributed by atoms with Gasteiger partial charge in [-0.25, -0.2) is 9.98 Å². The molecule has 178 valence electrons. The molecule has 0 aliphatic carbocycles. The molecular weight excluding hydrogens is 523 g/mol. The Morgan fingerprint density at radius 3 is 2.55 bits per heavy atom. The first-order valence-corrected chi connectivity index (χ1v) is 11.4. The van der Waals surface area contributed by atoms with E-state index in [2.05, 4.69) is 101 Å². The quantitative estimate of drug-likeness (QED) is 0.206. The van der Waals surface area contributed by atoms with Gasteiger partial charge in [-0.15, -0.1) is 24.0 Å². The van der Waals surface area contributed by atoms with Crippen LogP contribution in [-0.2, 0) is 19.6 Å². The molecule has 1 heterocycles. The summed E-state index contributed by atoms with van der Waals surface area (Å²) in [6, 6.07) is 19.7. The molecule has 1 aromatic heterocycles. The van der Waals surface area contributed by atoms with Crippen LogP contribution in [0.3, 0.4) is 0 Å². The second-order valence-electron chi connectivity index (χ2n) is 8.22. The lowest BCUT2D eigenvalue weighted by Crippen LogP contribution is -2.40. The van der Waals surface area contributed by atoms with Gasteiger partial charge in [0.25, 0.3) is 0 Å². The van der Waals surface area contributed by atoms with Crippen LogP contribution in [0.25, 0.3) is 0 Å². The summed E-state index contributed by atoms with van der Waals surface area (Å²) in [6.45, 7) is 8.54. The van der Waals surface area contributed by atoms with Gasteiger partial charge in [-0.3, -0.25) is 4.90 Å². The Kier molecular flexibility index (Phi) is 12.0. The van der Waals surface area contributed by atoms with Crippen LogP contribution in [0.1, 0.15) is 37.0 Å². The SMILES string of the molecule is CCNC(=NCc1cccc(Cn2ccnc2)c1)NCCC(C)N(C)Cc1ccccc1.I. The highest BCUT2D eigenvalue weighted by atomic mass is 127. The number of benzene rings is 2. The number of rotatable bonds is 11. The van der Waals surface area contributed by atoms with E-state index >= 15 is 0 Å². The largest absolute Gasteiger partial charge is 0.357 e. The molecule has 0 aliphatic rings. The summed E-state index contributed by atoms with van der Waals surface area (Å²) in [5.41, 5.74) is 3.81. The molecule has 7 heteroatoms. The summed E-state index contributed by atoms with van der Waals surface area (Å²) in [5, 5.41) is 6.85. The number of nitrogens with one attached hydrogen (secondary N) is 2. The predicted molar refractivity (Wildman–Crippen MR) is 148 cm³/mol. The summed E-state index contributed by atoms with van der Waals surface area (Å²) in [7, 11) is 2.19. The Bertz CT molecular complexity index is 942. The highest BCUT2D eigenvalue weighted by molar-refractivity contribution is 14.0. The van der Waals surface area contributed by atoms with Crippen LogP contribution in [0.2, 0.25) is 0 Å². The molecule has 2 aromatic carbocycles. The molecule has 0 radical (unpaired) electrons. The van der Waals surface area contributed by atoms with Gasteiger partial charge >= 0.3 is 0 Å². The van der Waals surface area contributed by atoms with Gasteiger partial charge in [-0.2, -0.15) is 0 Å². The fraction of sp³-hybridized carbons (Fsp3) is 0.385. The number of imidazole rings is 1. The molecule has 0 aliphatic heterocycles. The molecule has 0 saturated carbocycles. The molecular formula is C26H37IN6. The van der Waals surface area contributed by atoms with E-state index < -0.39 is 0 Å². The second kappa shape index (κ2) is 14.7. The molecule has 0 bridgehead atoms. The van der Waals surface area contributed by atoms with Crippen molar-refractivity contribution in [1.82, 2.24) is 25.1 Å². The molecule has 3 aromatic rings. The summed E-state index contributed by atoms with van der Waals surface area (Å²) in [4.78, 5) is 11.3. The number of hydrogen-bond acceptors (Lipinski definition) is 3. The lowest BCUT2D eigenvalue weighted by molar-refractivity contribution is 0.238. The van der Waals surface area contributed by atoms with Crippen LogP contribution >= 0.6 is 24.0 Å². The van der Waals surface area contributed by atoms with E-state index in [1.807, 2.05) is 18.7 Å². The molecule has 0 fully saturated rings. The molecule has 1 atom stereocenters. The number of halogens is 1. The minimum atomic E-state index is 0. The van der Waals surface area contributed by atoms with Crippen molar-refractivity contribution >= 4 is 29.9 Å². The molecule has 1 unspecified atom stereocenters. The first-order chi connectivity index (χ1) is 15.6. The van der Waals surface area contributed by atoms with Crippen LogP contribution < -0.4 is 10.6 Å². The second-order valence-corrected chi connectivity index (χ2v) is 8.22. The van der Waals surface area contributed by atoms with E-state index in [-0.39, 0.29) is 24.0 Å². The van der Waals surface area contributed by atoms with Crippen LogP contribution in [0.15, 0.2) is 78.3 Å². The van der Waals surface area contributed by atoms with Gasteiger partial charge in [0.2, 0.25) is 0 Å². The zero-order valence-corrected chi connectivity index (χ0v) is 22.3. The van der Waals surface area contributed by atoms with E-state index in [9.17, 15) is 0 Å². The van der Waals surface area contributed by atoms with Crippen molar-refractivity contribution in [2.24, 2.45) is 4.99 Å². The van der Waals surface area contributed by atoms with Gasteiger partial charge in [-0.05, 0) is 44.0 Å². The maximum absolute atomic E-state index is 4.79. The number of hydrogen-bond donors (Lipinski definition) is 2. The standard InChI is InChI=1S/C26H36N6.HI/c1-4-28-26(29-14-13-22(2)31(3)19-23-9-6-5-7-10-23)30-18-24-11-8-12-25(17-24)20-32-16-15-27-21-32;/h5-12,15-17,21-22H,4,13-14,18-20H2,1-3H3,(H2,28,29,30);1H. The maximum atomic E-state index is 4.79. The lowest BCUT2D eigenvalue weighted by atomic mass is 10.1. The van der Waals surface area contributed by atoms with Crippen molar-refractivity contribution in [2.45, 2.75) is 45.9 Å². The van der Waals surface area contributed by atoms with E-state index in [0.717, 1.165) is 38.6 Å². The first-order valence-electron chi connectivity index (χ1n) is 11.4. The average Bonchev–Trinajstić information content (AvgIpc) is 3.31. The Morgan fingerprint density at radius 2 is 1.82 bits per heavy atom. The number of nitrogens with zero attached hydrogens (tertiary/aromatic N) is 4. The number of guanidine groups is 1. The van der Waals surface area contributed by atoms with Crippen molar-refractivity contribution in [1.29, 1.82) is 0 Å². The van der Waals surface area contributed by atoms with E-state index in [1.165, 1.54) is 16.7 Å². The molecule has 3 rings (SSSR count). The Balaban J connectivity index is 0.00000385. The molecule has 0 saturated heterocycles. The van der Waals surface area contributed by atoms with Gasteiger partial charge in [-0.1, -0.05) is 54.6 Å². The van der Waals surface area contributed by atoms with Crippen molar-refractivity contribution in [3.8, 4) is 0 Å². The third kappa shape index (κ3) is 9.55. The smallest absolute Gasteiger partial charge is 0.191 e. The molecule has 0 spiro atoms. The molecule has 0 amide bonds. The highest BCUT2D eigenvalue weighted by Crippen LogP contribution is 2.09. The van der Waals surface area contributed by atoms with Gasteiger partial charge in [0.05, 0.1) is 12.9 Å². The van der Waals surface area contributed by atoms with E-state index in [1.54, 1.807) is 0 Å². The zero-order valence-electron chi connectivity index (χ0n) is 19.9. The lowest BCUT2D eigenvalue weighted by Gasteiger charge is -2.25. The molecule has 2 N–H and O–H groups in total. The normalized spacial score (nSPS) is 12.3. The minimum Gasteiger partial charge on any atom is -0.357 e. The van der Waals surface area contributed by atoms with Crippen LogP contribution in [0.5, 0.6) is 0 Å². The van der Waals surface area contributed by atoms with Crippen LogP contribution in [0, 0.1) is 0 Å².